The van der Waals surface area contributed by atoms with Crippen molar-refractivity contribution >= 4 is 11.5 Å². The number of methoxy groups -OCH3 is 1. The van der Waals surface area contributed by atoms with E-state index < -0.39 is 6.10 Å². The first-order valence-corrected chi connectivity index (χ1v) is 6.03. The zero-order chi connectivity index (χ0) is 12.4. The minimum absolute atomic E-state index is 0.576. The van der Waals surface area contributed by atoms with Crippen molar-refractivity contribution in [1.29, 1.82) is 0 Å². The van der Waals surface area contributed by atoms with Crippen molar-refractivity contribution in [3.05, 3.63) is 22.5 Å². The van der Waals surface area contributed by atoms with Gasteiger partial charge in [0, 0.05) is 6.54 Å². The van der Waals surface area contributed by atoms with Crippen molar-refractivity contribution in [2.75, 3.05) is 7.11 Å². The molecule has 0 aliphatic heterocycles. The maximum absolute atomic E-state index is 10.4. The summed E-state index contributed by atoms with van der Waals surface area (Å²) in [6, 6.07) is 0. The number of rotatable bonds is 4. The van der Waals surface area contributed by atoms with Crippen LogP contribution in [0.4, 0.5) is 0 Å². The van der Waals surface area contributed by atoms with Crippen LogP contribution in [0, 0.1) is 6.92 Å². The van der Waals surface area contributed by atoms with E-state index in [2.05, 4.69) is 14.7 Å². The van der Waals surface area contributed by atoms with Crippen molar-refractivity contribution in [3.8, 4) is 5.75 Å². The van der Waals surface area contributed by atoms with Gasteiger partial charge in [-0.1, -0.05) is 4.49 Å². The van der Waals surface area contributed by atoms with Gasteiger partial charge in [0.05, 0.1) is 23.9 Å². The Morgan fingerprint density at radius 2 is 2.35 bits per heavy atom. The van der Waals surface area contributed by atoms with E-state index in [1.54, 1.807) is 18.0 Å². The summed E-state index contributed by atoms with van der Waals surface area (Å²) in [4.78, 5) is 0.721. The maximum atomic E-state index is 10.4. The molecule has 2 aromatic rings. The predicted molar refractivity (Wildman–Crippen MR) is 63.2 cm³/mol. The van der Waals surface area contributed by atoms with Gasteiger partial charge in [-0.15, -0.1) is 5.10 Å². The second-order valence-electron chi connectivity index (χ2n) is 3.54. The third-order valence-corrected chi connectivity index (χ3v) is 3.44. The van der Waals surface area contributed by atoms with Crippen molar-refractivity contribution in [2.45, 2.75) is 26.5 Å². The lowest BCUT2D eigenvalue weighted by Crippen LogP contribution is -2.10. The minimum atomic E-state index is -0.799. The zero-order valence-corrected chi connectivity index (χ0v) is 10.7. The molecule has 0 aliphatic rings. The molecule has 17 heavy (non-hydrogen) atoms. The molecule has 1 N–H and O–H groups in total. The number of ether oxygens (including phenoxy) is 1. The quantitative estimate of drug-likeness (QED) is 0.886. The molecule has 1 atom stereocenters. The van der Waals surface area contributed by atoms with Crippen LogP contribution in [0.5, 0.6) is 5.75 Å². The molecule has 0 amide bonds. The Balaban J connectivity index is 2.45. The molecule has 2 rings (SSSR count). The summed E-state index contributed by atoms with van der Waals surface area (Å²) in [7, 11) is 1.56. The van der Waals surface area contributed by atoms with E-state index in [9.17, 15) is 5.11 Å². The molecular weight excluding hydrogens is 240 g/mol. The van der Waals surface area contributed by atoms with Crippen molar-refractivity contribution in [1.82, 2.24) is 19.4 Å². The molecule has 0 aromatic carbocycles. The fourth-order valence-corrected chi connectivity index (χ4v) is 2.31. The first-order valence-electron chi connectivity index (χ1n) is 5.25. The highest BCUT2D eigenvalue weighted by molar-refractivity contribution is 7.05. The van der Waals surface area contributed by atoms with Crippen molar-refractivity contribution in [2.24, 2.45) is 0 Å². The molecule has 0 bridgehead atoms. The number of nitrogens with zero attached hydrogens (tertiary/aromatic N) is 4. The van der Waals surface area contributed by atoms with Gasteiger partial charge in [-0.25, -0.2) is 0 Å². The molecule has 0 saturated carbocycles. The van der Waals surface area contributed by atoms with E-state index in [0.29, 0.717) is 18.0 Å². The normalized spacial score (nSPS) is 12.7. The van der Waals surface area contributed by atoms with Crippen LogP contribution in [0.3, 0.4) is 0 Å². The molecule has 6 nitrogen and oxygen atoms in total. The monoisotopic (exact) mass is 254 g/mol. The number of hydrogen-bond donors (Lipinski definition) is 1. The van der Waals surface area contributed by atoms with Crippen LogP contribution < -0.4 is 4.74 Å². The SMILES string of the molecule is CCn1ncc(OC)c1C(O)c1snnc1C. The van der Waals surface area contributed by atoms with Crippen LogP contribution in [0.25, 0.3) is 0 Å². The first kappa shape index (κ1) is 12.0. The molecule has 92 valence electrons. The van der Waals surface area contributed by atoms with E-state index in [1.807, 2.05) is 13.8 Å². The number of aliphatic hydroxyl groups excluding tert-OH is 1. The first-order chi connectivity index (χ1) is 8.19. The largest absolute Gasteiger partial charge is 0.493 e. The fourth-order valence-electron chi connectivity index (χ4n) is 1.68. The van der Waals surface area contributed by atoms with Crippen LogP contribution in [-0.4, -0.2) is 31.6 Å². The summed E-state index contributed by atoms with van der Waals surface area (Å²) in [6.45, 7) is 4.45. The Bertz CT molecular complexity index is 487. The van der Waals surface area contributed by atoms with Crippen LogP contribution in [0.15, 0.2) is 6.20 Å². The van der Waals surface area contributed by atoms with E-state index in [1.165, 1.54) is 11.5 Å². The highest BCUT2D eigenvalue weighted by Crippen LogP contribution is 2.32. The van der Waals surface area contributed by atoms with Gasteiger partial charge < -0.3 is 9.84 Å². The Labute approximate surface area is 103 Å². The third-order valence-electron chi connectivity index (χ3n) is 2.56. The van der Waals surface area contributed by atoms with E-state index in [4.69, 9.17) is 4.74 Å². The van der Waals surface area contributed by atoms with Gasteiger partial charge in [-0.2, -0.15) is 5.10 Å². The van der Waals surface area contributed by atoms with E-state index in [-0.39, 0.29) is 0 Å². The van der Waals surface area contributed by atoms with Gasteiger partial charge in [0.25, 0.3) is 0 Å². The number of aliphatic hydroxyl groups is 1. The second-order valence-corrected chi connectivity index (χ2v) is 4.32. The summed E-state index contributed by atoms with van der Waals surface area (Å²) < 4.78 is 10.7. The summed E-state index contributed by atoms with van der Waals surface area (Å²) in [5.74, 6) is 0.576. The van der Waals surface area contributed by atoms with Crippen LogP contribution in [0.1, 0.15) is 29.3 Å². The van der Waals surface area contributed by atoms with Crippen molar-refractivity contribution in [3.63, 3.8) is 0 Å². The second kappa shape index (κ2) is 4.80. The molecular formula is C10H14N4O2S. The number of hydrogen-bond acceptors (Lipinski definition) is 6. The van der Waals surface area contributed by atoms with E-state index in [0.717, 1.165) is 10.6 Å². The maximum Gasteiger partial charge on any atom is 0.163 e. The molecule has 7 heteroatoms. The van der Waals surface area contributed by atoms with Crippen LogP contribution in [0.2, 0.25) is 0 Å². The van der Waals surface area contributed by atoms with Gasteiger partial charge in [-0.3, -0.25) is 4.68 Å². The van der Waals surface area contributed by atoms with Crippen LogP contribution in [-0.2, 0) is 6.54 Å². The smallest absolute Gasteiger partial charge is 0.163 e. The standard InChI is InChI=1S/C10H14N4O2S/c1-4-14-8(7(16-3)5-11-14)9(15)10-6(2)12-13-17-10/h5,9,15H,4H2,1-3H3. The average Bonchev–Trinajstić information content (AvgIpc) is 2.93. The van der Waals surface area contributed by atoms with Gasteiger partial charge in [-0.05, 0) is 25.4 Å². The lowest BCUT2D eigenvalue weighted by Gasteiger charge is -2.12. The molecule has 0 spiro atoms. The Morgan fingerprint density at radius 3 is 2.88 bits per heavy atom. The topological polar surface area (TPSA) is 73.1 Å². The molecule has 1 unspecified atom stereocenters. The summed E-state index contributed by atoms with van der Waals surface area (Å²) in [6.07, 6.45) is 0.804. The number of aryl methyl sites for hydroxylation is 2. The Kier molecular flexibility index (Phi) is 3.39. The Hall–Kier alpha value is -1.47. The number of aromatic nitrogens is 4. The molecule has 2 heterocycles. The molecule has 0 radical (unpaired) electrons. The van der Waals surface area contributed by atoms with Gasteiger partial charge in [0.2, 0.25) is 0 Å². The lowest BCUT2D eigenvalue weighted by molar-refractivity contribution is 0.205. The molecule has 0 fully saturated rings. The summed E-state index contributed by atoms with van der Waals surface area (Å²) >= 11 is 1.19. The van der Waals surface area contributed by atoms with Gasteiger partial charge in [0.1, 0.15) is 11.8 Å². The predicted octanol–water partition coefficient (Wildman–Crippen LogP) is 1.15. The molecule has 0 aliphatic carbocycles. The summed E-state index contributed by atoms with van der Waals surface area (Å²) in [5, 5.41) is 18.4. The summed E-state index contributed by atoms with van der Waals surface area (Å²) in [5.41, 5.74) is 1.37. The Morgan fingerprint density at radius 1 is 1.59 bits per heavy atom. The van der Waals surface area contributed by atoms with Gasteiger partial charge in [0.15, 0.2) is 5.75 Å². The van der Waals surface area contributed by atoms with E-state index >= 15 is 0 Å². The minimum Gasteiger partial charge on any atom is -0.493 e. The molecule has 2 aromatic heterocycles. The molecule has 0 saturated heterocycles. The zero-order valence-electron chi connectivity index (χ0n) is 9.91. The lowest BCUT2D eigenvalue weighted by atomic mass is 10.2. The fraction of sp³-hybridized carbons (Fsp3) is 0.500. The highest BCUT2D eigenvalue weighted by atomic mass is 32.1. The highest BCUT2D eigenvalue weighted by Gasteiger charge is 2.24. The average molecular weight is 254 g/mol. The van der Waals surface area contributed by atoms with Crippen molar-refractivity contribution < 1.29 is 9.84 Å². The van der Waals surface area contributed by atoms with Gasteiger partial charge >= 0.3 is 0 Å². The third kappa shape index (κ3) is 2.03. The van der Waals surface area contributed by atoms with Crippen LogP contribution >= 0.6 is 11.5 Å².